The molecule has 35 heavy (non-hydrogen) atoms. The van der Waals surface area contributed by atoms with E-state index in [0.29, 0.717) is 6.42 Å². The number of aryl methyl sites for hydroxylation is 1. The zero-order valence-electron chi connectivity index (χ0n) is 20.1. The fourth-order valence-corrected chi connectivity index (χ4v) is 5.70. The molecule has 2 heterocycles. The van der Waals surface area contributed by atoms with Gasteiger partial charge in [0.25, 0.3) is 0 Å². The largest absolute Gasteiger partial charge is 0.479 e. The predicted octanol–water partition coefficient (Wildman–Crippen LogP) is 6.84. The third kappa shape index (κ3) is 6.05. The molecule has 1 N–H and O–H groups in total. The van der Waals surface area contributed by atoms with Crippen LogP contribution in [0.15, 0.2) is 53.6 Å². The highest BCUT2D eigenvalue weighted by molar-refractivity contribution is 7.15. The minimum Gasteiger partial charge on any atom is -0.479 e. The molecule has 1 aromatic heterocycles. The van der Waals surface area contributed by atoms with Gasteiger partial charge in [0.15, 0.2) is 5.60 Å². The van der Waals surface area contributed by atoms with Crippen molar-refractivity contribution in [3.8, 4) is 10.4 Å². The number of aliphatic carboxylic acids is 1. The van der Waals surface area contributed by atoms with E-state index < -0.39 is 23.3 Å². The molecule has 4 rings (SSSR count). The lowest BCUT2D eigenvalue weighted by Crippen LogP contribution is -2.38. The second kappa shape index (κ2) is 9.91. The number of hydrogen-bond donors (Lipinski definition) is 1. The lowest BCUT2D eigenvalue weighted by Gasteiger charge is -2.28. The molecule has 0 spiro atoms. The van der Waals surface area contributed by atoms with Crippen LogP contribution < -0.4 is 0 Å². The maximum atomic E-state index is 12.9. The summed E-state index contributed by atoms with van der Waals surface area (Å²) in [5.41, 5.74) is 2.63. The number of nitrogens with zero attached hydrogens (tertiary/aromatic N) is 1. The van der Waals surface area contributed by atoms with Crippen LogP contribution in [-0.2, 0) is 22.3 Å². The van der Waals surface area contributed by atoms with E-state index in [-0.39, 0.29) is 6.10 Å². The Hall–Kier alpha value is -2.42. The van der Waals surface area contributed by atoms with Crippen molar-refractivity contribution in [2.75, 3.05) is 13.1 Å². The summed E-state index contributed by atoms with van der Waals surface area (Å²) >= 11 is 1.63. The molecule has 1 aliphatic heterocycles. The van der Waals surface area contributed by atoms with Gasteiger partial charge in [0.05, 0.1) is 11.7 Å². The molecule has 1 aromatic carbocycles. The van der Waals surface area contributed by atoms with E-state index in [1.54, 1.807) is 25.2 Å². The van der Waals surface area contributed by atoms with Gasteiger partial charge < -0.3 is 9.84 Å². The highest BCUT2D eigenvalue weighted by Gasteiger charge is 2.32. The van der Waals surface area contributed by atoms with Crippen LogP contribution >= 0.6 is 11.3 Å². The second-order valence-corrected chi connectivity index (χ2v) is 10.8. The van der Waals surface area contributed by atoms with Gasteiger partial charge in [0.2, 0.25) is 0 Å². The van der Waals surface area contributed by atoms with Crippen LogP contribution in [0.4, 0.5) is 13.2 Å². The number of thiophene rings is 1. The first-order valence-corrected chi connectivity index (χ1v) is 12.5. The van der Waals surface area contributed by atoms with E-state index in [1.807, 2.05) is 6.92 Å². The van der Waals surface area contributed by atoms with Crippen LogP contribution in [0, 0.1) is 6.92 Å². The Morgan fingerprint density at radius 1 is 1.14 bits per heavy atom. The molecule has 188 valence electrons. The topological polar surface area (TPSA) is 49.8 Å². The number of benzene rings is 1. The Balaban J connectivity index is 1.41. The number of carboxylic acid groups (broad SMARTS) is 1. The molecule has 1 fully saturated rings. The third-order valence-electron chi connectivity index (χ3n) is 6.64. The molecule has 8 heteroatoms. The first-order valence-electron chi connectivity index (χ1n) is 11.7. The fraction of sp³-hybridized carbons (Fsp3) is 0.444. The summed E-state index contributed by atoms with van der Waals surface area (Å²) in [6, 6.07) is 7.40. The summed E-state index contributed by atoms with van der Waals surface area (Å²) in [5.74, 6) is -0.972. The Morgan fingerprint density at radius 2 is 1.80 bits per heavy atom. The van der Waals surface area contributed by atoms with Crippen LogP contribution in [0.5, 0.6) is 0 Å². The van der Waals surface area contributed by atoms with Gasteiger partial charge in [-0.25, -0.2) is 4.79 Å². The van der Waals surface area contributed by atoms with Gasteiger partial charge in [0.1, 0.15) is 0 Å². The molecular weight excluding hydrogens is 475 g/mol. The predicted molar refractivity (Wildman–Crippen MR) is 131 cm³/mol. The Kier molecular flexibility index (Phi) is 7.27. The Labute approximate surface area is 207 Å². The number of likely N-dealkylation sites (tertiary alicyclic amines) is 1. The maximum absolute atomic E-state index is 12.9. The first kappa shape index (κ1) is 25.7. The normalized spacial score (nSPS) is 19.5. The minimum atomic E-state index is -4.33. The van der Waals surface area contributed by atoms with Crippen molar-refractivity contribution in [1.82, 2.24) is 4.90 Å². The highest BCUT2D eigenvalue weighted by atomic mass is 32.1. The number of carboxylic acids is 1. The minimum absolute atomic E-state index is 0.239. The molecular formula is C27H30F3NO3S. The summed E-state index contributed by atoms with van der Waals surface area (Å²) in [6.07, 6.45) is 2.17. The molecule has 2 aromatic rings. The average Bonchev–Trinajstić information content (AvgIpc) is 3.03. The van der Waals surface area contributed by atoms with Crippen LogP contribution in [0.3, 0.4) is 0 Å². The smallest absolute Gasteiger partial charge is 0.416 e. The van der Waals surface area contributed by atoms with E-state index >= 15 is 0 Å². The van der Waals surface area contributed by atoms with Crippen molar-refractivity contribution in [3.63, 3.8) is 0 Å². The number of rotatable bonds is 6. The second-order valence-electron chi connectivity index (χ2n) is 9.70. The summed E-state index contributed by atoms with van der Waals surface area (Å²) < 4.78 is 44.5. The average molecular weight is 506 g/mol. The molecule has 0 bridgehead atoms. The summed E-state index contributed by atoms with van der Waals surface area (Å²) in [4.78, 5) is 16.0. The van der Waals surface area contributed by atoms with Crippen molar-refractivity contribution < 1.29 is 27.8 Å². The zero-order valence-corrected chi connectivity index (χ0v) is 20.9. The molecule has 1 saturated heterocycles. The Bertz CT molecular complexity index is 1150. The van der Waals surface area contributed by atoms with Gasteiger partial charge in [-0.1, -0.05) is 24.3 Å². The lowest BCUT2D eigenvalue weighted by atomic mass is 9.92. The van der Waals surface area contributed by atoms with Crippen molar-refractivity contribution in [1.29, 1.82) is 0 Å². The van der Waals surface area contributed by atoms with Crippen LogP contribution in [0.1, 0.15) is 49.1 Å². The van der Waals surface area contributed by atoms with Crippen LogP contribution in [0.25, 0.3) is 10.4 Å². The van der Waals surface area contributed by atoms with Gasteiger partial charge in [-0.3, -0.25) is 4.90 Å². The number of halogens is 3. The van der Waals surface area contributed by atoms with Gasteiger partial charge >= 0.3 is 12.1 Å². The van der Waals surface area contributed by atoms with E-state index in [2.05, 4.69) is 23.1 Å². The van der Waals surface area contributed by atoms with Crippen LogP contribution in [0.2, 0.25) is 0 Å². The quantitative estimate of drug-likeness (QED) is 0.467. The molecule has 0 radical (unpaired) electrons. The standard InChI is InChI=1S/C27H30F3NO3S/c1-17-14-23(19-4-7-21(8-5-19)27(28,29)30)35-24(17)16-31-12-10-18-6-9-22(15-20(18)11-13-31)34-26(2,3)25(32)33/h4-8,14-15,22H,9-13,16H2,1-3H3,(H,32,33). The SMILES string of the molecule is Cc1cc(-c2ccc(C(F)(F)F)cc2)sc1CN1CCC2=CCC(OC(C)(C)C(=O)O)C=C2CC1. The molecule has 4 nitrogen and oxygen atoms in total. The van der Waals surface area contributed by atoms with E-state index in [1.165, 1.54) is 28.2 Å². The molecule has 0 saturated carbocycles. The molecule has 1 unspecified atom stereocenters. The van der Waals surface area contributed by atoms with Gasteiger partial charge in [-0.05, 0) is 80.5 Å². The van der Waals surface area contributed by atoms with Gasteiger partial charge in [-0.2, -0.15) is 13.2 Å². The number of fused-ring (bicyclic) bond motifs is 1. The Morgan fingerprint density at radius 3 is 2.43 bits per heavy atom. The molecule has 2 aliphatic rings. The summed E-state index contributed by atoms with van der Waals surface area (Å²) in [5, 5.41) is 9.35. The maximum Gasteiger partial charge on any atom is 0.416 e. The monoisotopic (exact) mass is 505 g/mol. The van der Waals surface area contributed by atoms with Gasteiger partial charge in [0, 0.05) is 29.4 Å². The van der Waals surface area contributed by atoms with Crippen molar-refractivity contribution in [2.24, 2.45) is 0 Å². The van der Waals surface area contributed by atoms with E-state index in [0.717, 1.165) is 60.6 Å². The van der Waals surface area contributed by atoms with Crippen molar-refractivity contribution in [3.05, 3.63) is 69.6 Å². The fourth-order valence-electron chi connectivity index (χ4n) is 4.48. The van der Waals surface area contributed by atoms with Crippen LogP contribution in [-0.4, -0.2) is 40.8 Å². The van der Waals surface area contributed by atoms with E-state index in [9.17, 15) is 23.1 Å². The van der Waals surface area contributed by atoms with Crippen molar-refractivity contribution >= 4 is 17.3 Å². The first-order chi connectivity index (χ1) is 16.4. The van der Waals surface area contributed by atoms with E-state index in [4.69, 9.17) is 4.74 Å². The zero-order chi connectivity index (χ0) is 25.4. The summed E-state index contributed by atoms with van der Waals surface area (Å²) in [6.45, 7) is 7.79. The molecule has 0 amide bonds. The third-order valence-corrected chi connectivity index (χ3v) is 7.91. The molecule has 1 aliphatic carbocycles. The van der Waals surface area contributed by atoms with Crippen molar-refractivity contribution in [2.45, 2.75) is 64.5 Å². The number of hydrogen-bond acceptors (Lipinski definition) is 4. The lowest BCUT2D eigenvalue weighted by molar-refractivity contribution is -0.165. The number of alkyl halides is 3. The number of carbonyl (C=O) groups is 1. The highest BCUT2D eigenvalue weighted by Crippen LogP contribution is 2.36. The summed E-state index contributed by atoms with van der Waals surface area (Å²) in [7, 11) is 0. The number of ether oxygens (including phenoxy) is 1. The molecule has 1 atom stereocenters. The van der Waals surface area contributed by atoms with Gasteiger partial charge in [-0.15, -0.1) is 11.3 Å².